The minimum atomic E-state index is -3.86. The van der Waals surface area contributed by atoms with Gasteiger partial charge in [0.15, 0.2) is 23.0 Å². The molecule has 0 N–H and O–H groups in total. The van der Waals surface area contributed by atoms with E-state index in [0.29, 0.717) is 41.2 Å². The van der Waals surface area contributed by atoms with Crippen LogP contribution in [0, 0.1) is 0 Å². The molecule has 0 unspecified atom stereocenters. The van der Waals surface area contributed by atoms with E-state index in [2.05, 4.69) is 4.98 Å². The first kappa shape index (κ1) is 21.0. The third-order valence-corrected chi connectivity index (χ3v) is 5.77. The Hall–Kier alpha value is -3.20. The number of methoxy groups -OCH3 is 4. The predicted octanol–water partition coefficient (Wildman–Crippen LogP) is 3.37. The lowest BCUT2D eigenvalue weighted by atomic mass is 9.93. The van der Waals surface area contributed by atoms with Crippen molar-refractivity contribution in [3.63, 3.8) is 0 Å². The molecule has 0 saturated carbocycles. The van der Waals surface area contributed by atoms with E-state index in [1.54, 1.807) is 19.4 Å². The van der Waals surface area contributed by atoms with Crippen LogP contribution in [0.5, 0.6) is 28.7 Å². The maximum Gasteiger partial charge on any atom is 0.306 e. The van der Waals surface area contributed by atoms with E-state index in [4.69, 9.17) is 23.1 Å². The highest BCUT2D eigenvalue weighted by Gasteiger charge is 2.31. The topological polar surface area (TPSA) is 93.2 Å². The fourth-order valence-corrected chi connectivity index (χ4v) is 4.59. The number of hydrogen-bond donors (Lipinski definition) is 0. The molecule has 0 saturated heterocycles. The molecule has 3 aromatic rings. The van der Waals surface area contributed by atoms with E-state index >= 15 is 0 Å². The van der Waals surface area contributed by atoms with Gasteiger partial charge in [-0.1, -0.05) is 0 Å². The van der Waals surface area contributed by atoms with Crippen molar-refractivity contribution < 1.29 is 31.5 Å². The Balaban J connectivity index is 2.25. The van der Waals surface area contributed by atoms with Crippen molar-refractivity contribution in [3.8, 4) is 39.9 Å². The molecular formula is C22H23NO7S. The second-order valence-corrected chi connectivity index (χ2v) is 8.68. The van der Waals surface area contributed by atoms with Crippen LogP contribution in [0.4, 0.5) is 0 Å². The standard InChI is InChI=1S/C22H23NO7S/c1-26-15-11-13-8-9-23-14-7-6-12-10-16(27-2)21(28-3)22(29-4)18(12)19(17(13)14)20(15)30-31(5,24)25/h8-11H,6-7H2,1-5H3. The maximum atomic E-state index is 12.2. The first-order chi connectivity index (χ1) is 14.8. The van der Waals surface area contributed by atoms with Gasteiger partial charge in [-0.05, 0) is 42.0 Å². The lowest BCUT2D eigenvalue weighted by Gasteiger charge is -2.22. The molecule has 1 heterocycles. The minimum absolute atomic E-state index is 0.0837. The quantitative estimate of drug-likeness (QED) is 0.533. The summed E-state index contributed by atoms with van der Waals surface area (Å²) in [5.74, 6) is 1.70. The molecule has 164 valence electrons. The number of aryl methyl sites for hydroxylation is 2. The number of hydrogen-bond acceptors (Lipinski definition) is 8. The average molecular weight is 445 g/mol. The van der Waals surface area contributed by atoms with Gasteiger partial charge in [0.25, 0.3) is 0 Å². The van der Waals surface area contributed by atoms with Crippen molar-refractivity contribution in [2.45, 2.75) is 12.8 Å². The molecule has 0 aliphatic heterocycles. The number of rotatable bonds is 6. The Bertz CT molecular complexity index is 1290. The normalized spacial score (nSPS) is 12.7. The summed E-state index contributed by atoms with van der Waals surface area (Å²) in [6.45, 7) is 0. The highest BCUT2D eigenvalue weighted by molar-refractivity contribution is 7.86. The smallest absolute Gasteiger partial charge is 0.306 e. The Morgan fingerprint density at radius 1 is 0.839 bits per heavy atom. The van der Waals surface area contributed by atoms with Gasteiger partial charge in [0, 0.05) is 28.4 Å². The first-order valence-electron chi connectivity index (χ1n) is 9.53. The first-order valence-corrected chi connectivity index (χ1v) is 11.3. The zero-order valence-electron chi connectivity index (χ0n) is 17.9. The Labute approximate surface area is 180 Å². The van der Waals surface area contributed by atoms with E-state index < -0.39 is 10.1 Å². The lowest BCUT2D eigenvalue weighted by Crippen LogP contribution is -2.09. The molecule has 2 aromatic carbocycles. The van der Waals surface area contributed by atoms with Crippen molar-refractivity contribution >= 4 is 20.9 Å². The van der Waals surface area contributed by atoms with E-state index in [1.165, 1.54) is 21.3 Å². The lowest BCUT2D eigenvalue weighted by molar-refractivity contribution is 0.324. The van der Waals surface area contributed by atoms with Crippen molar-refractivity contribution in [3.05, 3.63) is 35.7 Å². The summed E-state index contributed by atoms with van der Waals surface area (Å²) in [6, 6.07) is 5.48. The van der Waals surface area contributed by atoms with Crippen LogP contribution in [-0.4, -0.2) is 48.1 Å². The van der Waals surface area contributed by atoms with E-state index in [0.717, 1.165) is 28.3 Å². The van der Waals surface area contributed by atoms with Crippen molar-refractivity contribution in [2.75, 3.05) is 34.7 Å². The molecule has 8 nitrogen and oxygen atoms in total. The van der Waals surface area contributed by atoms with Crippen LogP contribution in [-0.2, 0) is 23.0 Å². The van der Waals surface area contributed by atoms with Gasteiger partial charge in [-0.2, -0.15) is 8.42 Å². The SMILES string of the molecule is COc1cc2c(c(OC)c1OC)-c1c(OS(C)(=O)=O)c(OC)cc3ccnc(c13)CC2. The Morgan fingerprint density at radius 3 is 2.13 bits per heavy atom. The van der Waals surface area contributed by atoms with Crippen LogP contribution in [0.2, 0.25) is 0 Å². The largest absolute Gasteiger partial charge is 0.493 e. The molecule has 31 heavy (non-hydrogen) atoms. The summed E-state index contributed by atoms with van der Waals surface area (Å²) in [6.07, 6.45) is 4.00. The van der Waals surface area contributed by atoms with Gasteiger partial charge in [-0.25, -0.2) is 0 Å². The summed E-state index contributed by atoms with van der Waals surface area (Å²) in [5, 5.41) is 1.63. The molecule has 4 rings (SSSR count). The highest BCUT2D eigenvalue weighted by atomic mass is 32.2. The predicted molar refractivity (Wildman–Crippen MR) is 116 cm³/mol. The van der Waals surface area contributed by atoms with Gasteiger partial charge < -0.3 is 23.1 Å². The summed E-state index contributed by atoms with van der Waals surface area (Å²) in [7, 11) is 2.21. The van der Waals surface area contributed by atoms with Gasteiger partial charge >= 0.3 is 10.1 Å². The summed E-state index contributed by atoms with van der Waals surface area (Å²) in [4.78, 5) is 4.57. The molecule has 1 aromatic heterocycles. The van der Waals surface area contributed by atoms with Crippen LogP contribution in [0.1, 0.15) is 11.3 Å². The highest BCUT2D eigenvalue weighted by Crippen LogP contribution is 2.55. The molecular weight excluding hydrogens is 422 g/mol. The van der Waals surface area contributed by atoms with Gasteiger partial charge in [0.1, 0.15) is 0 Å². The molecule has 0 amide bonds. The van der Waals surface area contributed by atoms with Crippen LogP contribution < -0.4 is 23.1 Å². The molecule has 0 radical (unpaired) electrons. The van der Waals surface area contributed by atoms with Crippen molar-refractivity contribution in [1.82, 2.24) is 4.98 Å². The Morgan fingerprint density at radius 2 is 1.52 bits per heavy atom. The minimum Gasteiger partial charge on any atom is -0.493 e. The summed E-state index contributed by atoms with van der Waals surface area (Å²) < 4.78 is 52.2. The fraction of sp³-hybridized carbons (Fsp3) is 0.318. The number of ether oxygens (including phenoxy) is 4. The van der Waals surface area contributed by atoms with E-state index in [-0.39, 0.29) is 11.5 Å². The van der Waals surface area contributed by atoms with Crippen LogP contribution in [0.15, 0.2) is 24.4 Å². The molecule has 0 fully saturated rings. The summed E-state index contributed by atoms with van der Waals surface area (Å²) >= 11 is 0. The van der Waals surface area contributed by atoms with Crippen molar-refractivity contribution in [2.24, 2.45) is 0 Å². The van der Waals surface area contributed by atoms with Gasteiger partial charge in [0.2, 0.25) is 5.75 Å². The monoisotopic (exact) mass is 445 g/mol. The fourth-order valence-electron chi connectivity index (χ4n) is 4.12. The van der Waals surface area contributed by atoms with Gasteiger partial charge in [-0.15, -0.1) is 0 Å². The third-order valence-electron chi connectivity index (χ3n) is 5.30. The molecule has 0 bridgehead atoms. The number of benzene rings is 2. The van der Waals surface area contributed by atoms with Gasteiger partial charge in [0.05, 0.1) is 34.7 Å². The second-order valence-electron chi connectivity index (χ2n) is 7.11. The van der Waals surface area contributed by atoms with E-state index in [1.807, 2.05) is 12.1 Å². The molecule has 1 aliphatic rings. The average Bonchev–Trinajstić information content (AvgIpc) is 2.91. The number of pyridine rings is 1. The van der Waals surface area contributed by atoms with Crippen LogP contribution in [0.25, 0.3) is 21.9 Å². The molecule has 9 heteroatoms. The van der Waals surface area contributed by atoms with Gasteiger partial charge in [-0.3, -0.25) is 4.98 Å². The Kier molecular flexibility index (Phi) is 5.30. The number of nitrogens with zero attached hydrogens (tertiary/aromatic N) is 1. The second kappa shape index (κ2) is 7.81. The summed E-state index contributed by atoms with van der Waals surface area (Å²) in [5.41, 5.74) is 2.91. The molecule has 1 aliphatic carbocycles. The van der Waals surface area contributed by atoms with Crippen LogP contribution >= 0.6 is 0 Å². The zero-order valence-corrected chi connectivity index (χ0v) is 18.8. The number of aromatic nitrogens is 1. The van der Waals surface area contributed by atoms with Crippen LogP contribution in [0.3, 0.4) is 0 Å². The number of fused-ring (bicyclic) bond motifs is 2. The maximum absolute atomic E-state index is 12.2. The van der Waals surface area contributed by atoms with E-state index in [9.17, 15) is 8.42 Å². The molecule has 0 atom stereocenters. The zero-order chi connectivity index (χ0) is 22.3. The molecule has 0 spiro atoms. The van der Waals surface area contributed by atoms with Crippen molar-refractivity contribution in [1.29, 1.82) is 0 Å². The third kappa shape index (κ3) is 3.48.